The first kappa shape index (κ1) is 10.9. The van der Waals surface area contributed by atoms with Gasteiger partial charge in [0.2, 0.25) is 0 Å². The summed E-state index contributed by atoms with van der Waals surface area (Å²) in [5.41, 5.74) is 2.51. The van der Waals surface area contributed by atoms with E-state index in [9.17, 15) is 4.79 Å². The van der Waals surface area contributed by atoms with Gasteiger partial charge >= 0.3 is 0 Å². The van der Waals surface area contributed by atoms with Crippen LogP contribution in [0.5, 0.6) is 0 Å². The van der Waals surface area contributed by atoms with Gasteiger partial charge in [-0.25, -0.2) is 0 Å². The van der Waals surface area contributed by atoms with E-state index in [1.54, 1.807) is 24.4 Å². The average molecular weight is 243 g/mol. The van der Waals surface area contributed by atoms with Crippen molar-refractivity contribution in [3.8, 4) is 0 Å². The van der Waals surface area contributed by atoms with Crippen molar-refractivity contribution in [1.82, 2.24) is 20.5 Å². The van der Waals surface area contributed by atoms with Crippen molar-refractivity contribution in [2.45, 2.75) is 13.0 Å². The van der Waals surface area contributed by atoms with Crippen molar-refractivity contribution in [2.24, 2.45) is 0 Å². The number of pyridine rings is 1. The lowest BCUT2D eigenvalue weighted by Gasteiger charge is -2.12. The van der Waals surface area contributed by atoms with E-state index < -0.39 is 0 Å². The van der Waals surface area contributed by atoms with Crippen LogP contribution in [0, 0.1) is 0 Å². The van der Waals surface area contributed by atoms with Gasteiger partial charge in [0.15, 0.2) is 5.82 Å². The molecular weight excluding hydrogens is 230 g/mol. The van der Waals surface area contributed by atoms with E-state index in [1.807, 2.05) is 0 Å². The lowest BCUT2D eigenvalue weighted by molar-refractivity contribution is 0.102. The molecular formula is C12H13N5O. The van der Waals surface area contributed by atoms with Gasteiger partial charge in [0.1, 0.15) is 5.69 Å². The molecule has 3 rings (SSSR count). The molecule has 0 spiro atoms. The van der Waals surface area contributed by atoms with Gasteiger partial charge in [0, 0.05) is 18.3 Å². The SMILES string of the molecule is O=C(Nc1n[nH]c2c1CCNC2)c1ccccn1. The van der Waals surface area contributed by atoms with Crippen LogP contribution >= 0.6 is 0 Å². The maximum Gasteiger partial charge on any atom is 0.275 e. The Balaban J connectivity index is 1.81. The molecule has 3 heterocycles. The monoisotopic (exact) mass is 243 g/mol. The highest BCUT2D eigenvalue weighted by molar-refractivity contribution is 6.02. The molecule has 0 bridgehead atoms. The lowest BCUT2D eigenvalue weighted by atomic mass is 10.1. The fourth-order valence-corrected chi connectivity index (χ4v) is 2.02. The molecule has 6 nitrogen and oxygen atoms in total. The summed E-state index contributed by atoms with van der Waals surface area (Å²) < 4.78 is 0. The maximum atomic E-state index is 12.0. The number of carbonyl (C=O) groups is 1. The summed E-state index contributed by atoms with van der Waals surface area (Å²) in [6.07, 6.45) is 2.46. The Morgan fingerprint density at radius 2 is 2.33 bits per heavy atom. The van der Waals surface area contributed by atoms with Crippen molar-refractivity contribution in [2.75, 3.05) is 11.9 Å². The molecule has 1 aliphatic rings. The first-order chi connectivity index (χ1) is 8.84. The summed E-state index contributed by atoms with van der Waals surface area (Å²) >= 11 is 0. The molecule has 0 aromatic carbocycles. The van der Waals surface area contributed by atoms with E-state index in [0.717, 1.165) is 30.8 Å². The van der Waals surface area contributed by atoms with Gasteiger partial charge in [0.25, 0.3) is 5.91 Å². The second kappa shape index (κ2) is 4.58. The summed E-state index contributed by atoms with van der Waals surface area (Å²) in [5, 5.41) is 13.1. The summed E-state index contributed by atoms with van der Waals surface area (Å²) in [7, 11) is 0. The Labute approximate surface area is 104 Å². The second-order valence-corrected chi connectivity index (χ2v) is 4.13. The van der Waals surface area contributed by atoms with Crippen LogP contribution < -0.4 is 10.6 Å². The summed E-state index contributed by atoms with van der Waals surface area (Å²) in [5.74, 6) is 0.380. The highest BCUT2D eigenvalue weighted by atomic mass is 16.1. The zero-order valence-electron chi connectivity index (χ0n) is 9.73. The van der Waals surface area contributed by atoms with Crippen molar-refractivity contribution in [1.29, 1.82) is 0 Å². The number of amides is 1. The molecule has 18 heavy (non-hydrogen) atoms. The van der Waals surface area contributed by atoms with Crippen molar-refractivity contribution in [3.05, 3.63) is 41.3 Å². The molecule has 3 N–H and O–H groups in total. The van der Waals surface area contributed by atoms with Gasteiger partial charge in [-0.1, -0.05) is 6.07 Å². The molecule has 0 radical (unpaired) electrons. The summed E-state index contributed by atoms with van der Waals surface area (Å²) in [4.78, 5) is 16.0. The molecule has 92 valence electrons. The Morgan fingerprint density at radius 1 is 1.39 bits per heavy atom. The third-order valence-corrected chi connectivity index (χ3v) is 2.94. The first-order valence-electron chi connectivity index (χ1n) is 5.84. The van der Waals surface area contributed by atoms with Crippen LogP contribution in [-0.4, -0.2) is 27.6 Å². The predicted octanol–water partition coefficient (Wildman–Crippen LogP) is 0.703. The number of rotatable bonds is 2. The first-order valence-corrected chi connectivity index (χ1v) is 5.84. The Bertz CT molecular complexity index is 563. The zero-order chi connectivity index (χ0) is 12.4. The van der Waals surface area contributed by atoms with Crippen LogP contribution in [0.4, 0.5) is 5.82 Å². The minimum absolute atomic E-state index is 0.233. The van der Waals surface area contributed by atoms with E-state index in [1.165, 1.54) is 0 Å². The van der Waals surface area contributed by atoms with E-state index in [4.69, 9.17) is 0 Å². The quantitative estimate of drug-likeness (QED) is 0.725. The molecule has 0 unspecified atom stereocenters. The molecule has 0 atom stereocenters. The number of aromatic amines is 1. The third-order valence-electron chi connectivity index (χ3n) is 2.94. The second-order valence-electron chi connectivity index (χ2n) is 4.13. The number of anilines is 1. The number of aromatic nitrogens is 3. The molecule has 0 aliphatic carbocycles. The smallest absolute Gasteiger partial charge is 0.275 e. The van der Waals surface area contributed by atoms with Crippen molar-refractivity contribution >= 4 is 11.7 Å². The fourth-order valence-electron chi connectivity index (χ4n) is 2.02. The van der Waals surface area contributed by atoms with Gasteiger partial charge in [0.05, 0.1) is 5.69 Å². The molecule has 0 saturated heterocycles. The number of hydrogen-bond acceptors (Lipinski definition) is 4. The van der Waals surface area contributed by atoms with Crippen molar-refractivity contribution in [3.63, 3.8) is 0 Å². The Hall–Kier alpha value is -2.21. The number of H-pyrrole nitrogens is 1. The fraction of sp³-hybridized carbons (Fsp3) is 0.250. The Kier molecular flexibility index (Phi) is 2.77. The van der Waals surface area contributed by atoms with Crippen LogP contribution in [0.15, 0.2) is 24.4 Å². The largest absolute Gasteiger partial charge is 0.311 e. The van der Waals surface area contributed by atoms with Crippen molar-refractivity contribution < 1.29 is 4.79 Å². The van der Waals surface area contributed by atoms with E-state index in [2.05, 4.69) is 25.8 Å². The van der Waals surface area contributed by atoms with Gasteiger partial charge in [-0.05, 0) is 25.1 Å². The minimum atomic E-state index is -0.233. The molecule has 0 saturated carbocycles. The number of nitrogens with zero attached hydrogens (tertiary/aromatic N) is 2. The third kappa shape index (κ3) is 1.98. The topological polar surface area (TPSA) is 82.7 Å². The highest BCUT2D eigenvalue weighted by Crippen LogP contribution is 2.20. The standard InChI is InChI=1S/C12H13N5O/c18-12(9-3-1-2-5-14-9)15-11-8-4-6-13-7-10(8)16-17-11/h1-3,5,13H,4,6-7H2,(H2,15,16,17,18). The number of nitrogens with one attached hydrogen (secondary N) is 3. The van der Waals surface area contributed by atoms with E-state index in [0.29, 0.717) is 11.5 Å². The lowest BCUT2D eigenvalue weighted by Crippen LogP contribution is -2.24. The summed E-state index contributed by atoms with van der Waals surface area (Å²) in [6, 6.07) is 5.24. The molecule has 2 aromatic heterocycles. The van der Waals surface area contributed by atoms with Crippen LogP contribution in [0.2, 0.25) is 0 Å². The number of carbonyl (C=O) groups excluding carboxylic acids is 1. The summed E-state index contributed by atoms with van der Waals surface area (Å²) in [6.45, 7) is 1.67. The minimum Gasteiger partial charge on any atom is -0.311 e. The molecule has 2 aromatic rings. The van der Waals surface area contributed by atoms with Gasteiger partial charge in [-0.15, -0.1) is 0 Å². The average Bonchev–Trinajstić information content (AvgIpc) is 2.83. The van der Waals surface area contributed by atoms with Crippen LogP contribution in [0.3, 0.4) is 0 Å². The zero-order valence-corrected chi connectivity index (χ0v) is 9.73. The van der Waals surface area contributed by atoms with E-state index in [-0.39, 0.29) is 5.91 Å². The molecule has 6 heteroatoms. The van der Waals surface area contributed by atoms with Crippen LogP contribution in [0.25, 0.3) is 0 Å². The van der Waals surface area contributed by atoms with Gasteiger partial charge in [-0.2, -0.15) is 5.10 Å². The molecule has 1 amide bonds. The van der Waals surface area contributed by atoms with Gasteiger partial charge < -0.3 is 10.6 Å². The van der Waals surface area contributed by atoms with Crippen LogP contribution in [0.1, 0.15) is 21.7 Å². The Morgan fingerprint density at radius 3 is 3.17 bits per heavy atom. The predicted molar refractivity (Wildman–Crippen MR) is 66.2 cm³/mol. The number of fused-ring (bicyclic) bond motifs is 1. The highest BCUT2D eigenvalue weighted by Gasteiger charge is 2.18. The number of hydrogen-bond donors (Lipinski definition) is 3. The maximum absolute atomic E-state index is 12.0. The van der Waals surface area contributed by atoms with Crippen LogP contribution in [-0.2, 0) is 13.0 Å². The van der Waals surface area contributed by atoms with E-state index >= 15 is 0 Å². The molecule has 1 aliphatic heterocycles. The van der Waals surface area contributed by atoms with Gasteiger partial charge in [-0.3, -0.25) is 14.9 Å². The molecule has 0 fully saturated rings. The normalized spacial score (nSPS) is 14.0.